The van der Waals surface area contributed by atoms with Crippen LogP contribution in [0.2, 0.25) is 0 Å². The van der Waals surface area contributed by atoms with E-state index in [4.69, 9.17) is 9.84 Å². The van der Waals surface area contributed by atoms with E-state index < -0.39 is 37.1 Å². The summed E-state index contributed by atoms with van der Waals surface area (Å²) in [5, 5.41) is 38.2. The second-order valence-corrected chi connectivity index (χ2v) is 5.77. The predicted molar refractivity (Wildman–Crippen MR) is 79.8 cm³/mol. The molecule has 5 nitrogen and oxygen atoms in total. The van der Waals surface area contributed by atoms with E-state index in [0.717, 1.165) is 9.13 Å². The summed E-state index contributed by atoms with van der Waals surface area (Å²) < 4.78 is 6.38. The SMILES string of the molecule is OC[C@H]1O[C@H](C#Cc2ccc(I)cc2)[C@@H](O)[C@@H](O)[C@@H]1O. The first-order valence-corrected chi connectivity index (χ1v) is 7.18. The van der Waals surface area contributed by atoms with Gasteiger partial charge in [0.15, 0.2) is 0 Å². The molecule has 108 valence electrons. The molecule has 4 N–H and O–H groups in total. The van der Waals surface area contributed by atoms with Crippen molar-refractivity contribution in [2.45, 2.75) is 30.5 Å². The first-order chi connectivity index (χ1) is 9.52. The van der Waals surface area contributed by atoms with Crippen molar-refractivity contribution in [3.05, 3.63) is 33.4 Å². The first-order valence-electron chi connectivity index (χ1n) is 6.10. The van der Waals surface area contributed by atoms with Gasteiger partial charge in [-0.15, -0.1) is 0 Å². The summed E-state index contributed by atoms with van der Waals surface area (Å²) in [5.41, 5.74) is 0.752. The van der Waals surface area contributed by atoms with E-state index in [1.165, 1.54) is 0 Å². The van der Waals surface area contributed by atoms with Crippen molar-refractivity contribution in [2.24, 2.45) is 0 Å². The van der Waals surface area contributed by atoms with Crippen LogP contribution in [0.1, 0.15) is 5.56 Å². The third kappa shape index (κ3) is 3.49. The largest absolute Gasteiger partial charge is 0.394 e. The van der Waals surface area contributed by atoms with Gasteiger partial charge in [-0.25, -0.2) is 0 Å². The van der Waals surface area contributed by atoms with Crippen LogP contribution in [0.5, 0.6) is 0 Å². The van der Waals surface area contributed by atoms with Crippen molar-refractivity contribution in [3.8, 4) is 11.8 Å². The monoisotopic (exact) mass is 390 g/mol. The highest BCUT2D eigenvalue weighted by molar-refractivity contribution is 14.1. The molecule has 5 atom stereocenters. The van der Waals surface area contributed by atoms with Crippen molar-refractivity contribution < 1.29 is 25.2 Å². The lowest BCUT2D eigenvalue weighted by atomic mass is 9.95. The molecular weight excluding hydrogens is 375 g/mol. The van der Waals surface area contributed by atoms with Crippen LogP contribution in [0, 0.1) is 15.4 Å². The van der Waals surface area contributed by atoms with Crippen LogP contribution in [0.25, 0.3) is 0 Å². The lowest BCUT2D eigenvalue weighted by Gasteiger charge is -2.37. The van der Waals surface area contributed by atoms with Crippen LogP contribution >= 0.6 is 22.6 Å². The summed E-state index contributed by atoms with van der Waals surface area (Å²) in [5.74, 6) is 5.55. The molecule has 1 aliphatic rings. The molecule has 1 heterocycles. The van der Waals surface area contributed by atoms with Gasteiger partial charge in [-0.05, 0) is 46.9 Å². The number of ether oxygens (including phenoxy) is 1. The Morgan fingerprint density at radius 2 is 1.70 bits per heavy atom. The summed E-state index contributed by atoms with van der Waals surface area (Å²) in [6.07, 6.45) is -5.94. The van der Waals surface area contributed by atoms with Crippen LogP contribution in [-0.2, 0) is 4.74 Å². The normalized spacial score (nSPS) is 33.4. The Balaban J connectivity index is 2.14. The lowest BCUT2D eigenvalue weighted by Crippen LogP contribution is -2.58. The Kier molecular flexibility index (Phi) is 5.37. The molecule has 0 radical (unpaired) electrons. The molecule has 0 unspecified atom stereocenters. The first kappa shape index (κ1) is 15.7. The average Bonchev–Trinajstić information content (AvgIpc) is 2.46. The minimum atomic E-state index is -1.39. The highest BCUT2D eigenvalue weighted by Gasteiger charge is 2.42. The Hall–Kier alpha value is -0.690. The fourth-order valence-corrected chi connectivity index (χ4v) is 2.27. The van der Waals surface area contributed by atoms with E-state index in [-0.39, 0.29) is 0 Å². The summed E-state index contributed by atoms with van der Waals surface area (Å²) >= 11 is 2.18. The maximum absolute atomic E-state index is 9.82. The van der Waals surface area contributed by atoms with Gasteiger partial charge in [0.25, 0.3) is 0 Å². The second kappa shape index (κ2) is 6.85. The number of benzene rings is 1. The van der Waals surface area contributed by atoms with E-state index in [2.05, 4.69) is 34.4 Å². The van der Waals surface area contributed by atoms with Gasteiger partial charge in [0.1, 0.15) is 30.5 Å². The highest BCUT2D eigenvalue weighted by atomic mass is 127. The van der Waals surface area contributed by atoms with Crippen LogP contribution < -0.4 is 0 Å². The molecule has 0 bridgehead atoms. The minimum Gasteiger partial charge on any atom is -0.394 e. The fraction of sp³-hybridized carbons (Fsp3) is 0.429. The molecule has 0 amide bonds. The van der Waals surface area contributed by atoms with Gasteiger partial charge in [-0.3, -0.25) is 0 Å². The Morgan fingerprint density at radius 3 is 2.30 bits per heavy atom. The van der Waals surface area contributed by atoms with E-state index in [9.17, 15) is 15.3 Å². The van der Waals surface area contributed by atoms with Crippen LogP contribution in [-0.4, -0.2) is 57.6 Å². The van der Waals surface area contributed by atoms with Crippen LogP contribution in [0.4, 0.5) is 0 Å². The average molecular weight is 390 g/mol. The maximum Gasteiger partial charge on any atom is 0.147 e. The van der Waals surface area contributed by atoms with Gasteiger partial charge < -0.3 is 25.2 Å². The minimum absolute atomic E-state index is 0.452. The molecule has 0 saturated carbocycles. The molecule has 1 aromatic carbocycles. The molecule has 0 aromatic heterocycles. The Morgan fingerprint density at radius 1 is 1.05 bits per heavy atom. The van der Waals surface area contributed by atoms with E-state index in [0.29, 0.717) is 0 Å². The van der Waals surface area contributed by atoms with E-state index in [1.807, 2.05) is 24.3 Å². The van der Waals surface area contributed by atoms with Crippen LogP contribution in [0.3, 0.4) is 0 Å². The molecular formula is C14H15IO5. The zero-order chi connectivity index (χ0) is 14.7. The summed E-state index contributed by atoms with van der Waals surface area (Å²) in [7, 11) is 0. The number of rotatable bonds is 1. The number of aliphatic hydroxyl groups is 4. The molecule has 2 rings (SSSR count). The molecule has 1 aliphatic heterocycles. The number of aliphatic hydroxyl groups excluding tert-OH is 4. The zero-order valence-corrected chi connectivity index (χ0v) is 12.6. The zero-order valence-electron chi connectivity index (χ0n) is 10.5. The summed E-state index contributed by atoms with van der Waals surface area (Å²) in [6, 6.07) is 7.47. The summed E-state index contributed by atoms with van der Waals surface area (Å²) in [4.78, 5) is 0. The topological polar surface area (TPSA) is 90.2 Å². The molecule has 0 spiro atoms. The number of halogens is 1. The Bertz CT molecular complexity index is 505. The smallest absolute Gasteiger partial charge is 0.147 e. The van der Waals surface area contributed by atoms with Gasteiger partial charge in [-0.1, -0.05) is 11.8 Å². The lowest BCUT2D eigenvalue weighted by molar-refractivity contribution is -0.214. The number of hydrogen-bond donors (Lipinski definition) is 4. The van der Waals surface area contributed by atoms with Crippen molar-refractivity contribution in [2.75, 3.05) is 6.61 Å². The summed E-state index contributed by atoms with van der Waals surface area (Å²) in [6.45, 7) is -0.452. The standard InChI is InChI=1S/C14H15IO5/c15-9-4-1-8(2-5-9)3-6-10-12(17)14(19)13(18)11(7-16)20-10/h1-2,4-5,10-14,16-19H,7H2/t10-,11-,12-,13-,14-/m1/s1. The van der Waals surface area contributed by atoms with E-state index >= 15 is 0 Å². The maximum atomic E-state index is 9.82. The van der Waals surface area contributed by atoms with Crippen molar-refractivity contribution >= 4 is 22.6 Å². The second-order valence-electron chi connectivity index (χ2n) is 4.53. The van der Waals surface area contributed by atoms with Gasteiger partial charge in [-0.2, -0.15) is 0 Å². The van der Waals surface area contributed by atoms with Crippen molar-refractivity contribution in [1.29, 1.82) is 0 Å². The Labute approximate surface area is 130 Å². The van der Waals surface area contributed by atoms with Crippen LogP contribution in [0.15, 0.2) is 24.3 Å². The molecule has 0 aliphatic carbocycles. The van der Waals surface area contributed by atoms with Gasteiger partial charge in [0.05, 0.1) is 6.61 Å². The molecule has 6 heteroatoms. The number of hydrogen-bond acceptors (Lipinski definition) is 5. The quantitative estimate of drug-likeness (QED) is 0.383. The molecule has 1 fully saturated rings. The predicted octanol–water partition coefficient (Wildman–Crippen LogP) is -0.515. The third-order valence-corrected chi connectivity index (χ3v) is 3.81. The molecule has 1 aromatic rings. The highest BCUT2D eigenvalue weighted by Crippen LogP contribution is 2.20. The van der Waals surface area contributed by atoms with E-state index in [1.54, 1.807) is 0 Å². The van der Waals surface area contributed by atoms with Crippen molar-refractivity contribution in [1.82, 2.24) is 0 Å². The van der Waals surface area contributed by atoms with Gasteiger partial charge >= 0.3 is 0 Å². The fourth-order valence-electron chi connectivity index (χ4n) is 1.91. The van der Waals surface area contributed by atoms with Gasteiger partial charge in [0.2, 0.25) is 0 Å². The van der Waals surface area contributed by atoms with Crippen molar-refractivity contribution in [3.63, 3.8) is 0 Å². The van der Waals surface area contributed by atoms with Gasteiger partial charge in [0, 0.05) is 9.13 Å². The third-order valence-electron chi connectivity index (χ3n) is 3.10. The molecule has 1 saturated heterocycles. The molecule has 20 heavy (non-hydrogen) atoms.